The molecule has 1 aromatic carbocycles. The van der Waals surface area contributed by atoms with Crippen molar-refractivity contribution in [1.82, 2.24) is 10.2 Å². The Morgan fingerprint density at radius 2 is 2.05 bits per heavy atom. The lowest BCUT2D eigenvalue weighted by molar-refractivity contribution is -0.153. The third-order valence-electron chi connectivity index (χ3n) is 2.43. The third-order valence-corrected chi connectivity index (χ3v) is 2.43. The van der Waals surface area contributed by atoms with E-state index in [2.05, 4.69) is 14.9 Å². The fourth-order valence-electron chi connectivity index (χ4n) is 1.55. The molecule has 0 saturated heterocycles. The fraction of sp³-hybridized carbons (Fsp3) is 0.308. The van der Waals surface area contributed by atoms with Crippen molar-refractivity contribution in [1.29, 1.82) is 0 Å². The molecular formula is C13H11F4N2O2. The van der Waals surface area contributed by atoms with Crippen molar-refractivity contribution < 1.29 is 26.7 Å². The minimum absolute atomic E-state index is 0.0679. The van der Waals surface area contributed by atoms with Crippen LogP contribution < -0.4 is 4.74 Å². The number of hydrogen-bond acceptors (Lipinski definition) is 4. The second-order valence-electron chi connectivity index (χ2n) is 4.21. The number of aryl methyl sites for hydroxylation is 1. The van der Waals surface area contributed by atoms with Crippen molar-refractivity contribution in [2.75, 3.05) is 6.61 Å². The van der Waals surface area contributed by atoms with E-state index in [1.54, 1.807) is 6.92 Å². The molecule has 1 radical (unpaired) electrons. The van der Waals surface area contributed by atoms with Gasteiger partial charge in [0.05, 0.1) is 0 Å². The van der Waals surface area contributed by atoms with Gasteiger partial charge in [-0.15, -0.1) is 10.2 Å². The van der Waals surface area contributed by atoms with E-state index in [1.165, 1.54) is 12.5 Å². The first-order valence-electron chi connectivity index (χ1n) is 5.95. The van der Waals surface area contributed by atoms with Crippen LogP contribution in [0.1, 0.15) is 17.3 Å². The van der Waals surface area contributed by atoms with Gasteiger partial charge < -0.3 is 9.15 Å². The third kappa shape index (κ3) is 4.73. The summed E-state index contributed by atoms with van der Waals surface area (Å²) in [6.45, 7) is 0.184. The van der Waals surface area contributed by atoms with Crippen LogP contribution in [-0.2, 0) is 6.42 Å². The highest BCUT2D eigenvalue weighted by Crippen LogP contribution is 2.22. The van der Waals surface area contributed by atoms with Crippen molar-refractivity contribution in [3.05, 3.63) is 47.8 Å². The molecule has 2 rings (SSSR count). The van der Waals surface area contributed by atoms with Gasteiger partial charge in [0, 0.05) is 19.8 Å². The van der Waals surface area contributed by atoms with Crippen molar-refractivity contribution in [3.8, 4) is 5.75 Å². The number of aromatic nitrogens is 2. The van der Waals surface area contributed by atoms with Gasteiger partial charge in [-0.3, -0.25) is 0 Å². The summed E-state index contributed by atoms with van der Waals surface area (Å²) in [5.41, 5.74) is 0.102. The Kier molecular flexibility index (Phi) is 4.44. The monoisotopic (exact) mass is 303 g/mol. The molecule has 8 heteroatoms. The lowest BCUT2D eigenvalue weighted by Crippen LogP contribution is -2.19. The van der Waals surface area contributed by atoms with E-state index in [0.29, 0.717) is 5.89 Å². The maximum absolute atomic E-state index is 13.6. The number of ether oxygens (including phenoxy) is 1. The van der Waals surface area contributed by atoms with Crippen LogP contribution in [0.15, 0.2) is 22.6 Å². The first-order valence-corrected chi connectivity index (χ1v) is 5.95. The Labute approximate surface area is 117 Å². The standard InChI is InChI=1S/C13H11F4N2O2/c1-8-18-19-12(21-8)5-2-9-6-10(3-4-11(9)14)20-7-13(15,16)17/h2-4,6H,5,7H2,1H3. The number of halogens is 4. The largest absolute Gasteiger partial charge is 0.484 e. The molecule has 0 amide bonds. The quantitative estimate of drug-likeness (QED) is 0.796. The Morgan fingerprint density at radius 3 is 2.67 bits per heavy atom. The highest BCUT2D eigenvalue weighted by Gasteiger charge is 2.28. The molecule has 0 aliphatic carbocycles. The molecule has 0 aliphatic heterocycles. The van der Waals surface area contributed by atoms with Gasteiger partial charge in [-0.1, -0.05) is 0 Å². The predicted molar refractivity (Wildman–Crippen MR) is 64.1 cm³/mol. The minimum Gasteiger partial charge on any atom is -0.484 e. The molecule has 0 fully saturated rings. The van der Waals surface area contributed by atoms with Gasteiger partial charge in [0.15, 0.2) is 6.61 Å². The molecule has 0 atom stereocenters. The van der Waals surface area contributed by atoms with Gasteiger partial charge in [0.2, 0.25) is 11.8 Å². The lowest BCUT2D eigenvalue weighted by atomic mass is 10.1. The molecular weight excluding hydrogens is 292 g/mol. The number of benzene rings is 1. The van der Waals surface area contributed by atoms with E-state index in [9.17, 15) is 17.6 Å². The van der Waals surface area contributed by atoms with E-state index < -0.39 is 18.6 Å². The van der Waals surface area contributed by atoms with E-state index >= 15 is 0 Å². The van der Waals surface area contributed by atoms with Gasteiger partial charge in [-0.2, -0.15) is 13.2 Å². The maximum Gasteiger partial charge on any atom is 0.422 e. The van der Waals surface area contributed by atoms with Gasteiger partial charge >= 0.3 is 6.18 Å². The van der Waals surface area contributed by atoms with Crippen LogP contribution in [0.3, 0.4) is 0 Å². The zero-order valence-electron chi connectivity index (χ0n) is 10.9. The van der Waals surface area contributed by atoms with Crippen LogP contribution in [0.2, 0.25) is 0 Å². The molecule has 0 spiro atoms. The highest BCUT2D eigenvalue weighted by atomic mass is 19.4. The Balaban J connectivity index is 2.01. The molecule has 0 N–H and O–H groups in total. The summed E-state index contributed by atoms with van der Waals surface area (Å²) in [5.74, 6) is 0.0157. The summed E-state index contributed by atoms with van der Waals surface area (Å²) in [6, 6.07) is 3.36. The van der Waals surface area contributed by atoms with E-state index in [-0.39, 0.29) is 23.6 Å². The summed E-state index contributed by atoms with van der Waals surface area (Å²) < 4.78 is 59.4. The fourth-order valence-corrected chi connectivity index (χ4v) is 1.55. The number of nitrogens with zero attached hydrogens (tertiary/aromatic N) is 2. The first kappa shape index (κ1) is 15.3. The number of hydrogen-bond donors (Lipinski definition) is 0. The molecule has 0 bridgehead atoms. The average Bonchev–Trinajstić information content (AvgIpc) is 2.81. The van der Waals surface area contributed by atoms with Crippen LogP contribution in [-0.4, -0.2) is 23.0 Å². The normalized spacial score (nSPS) is 11.7. The average molecular weight is 303 g/mol. The lowest BCUT2D eigenvalue weighted by Gasteiger charge is -2.10. The van der Waals surface area contributed by atoms with Crippen molar-refractivity contribution in [2.45, 2.75) is 19.5 Å². The van der Waals surface area contributed by atoms with Gasteiger partial charge in [-0.05, 0) is 23.8 Å². The second-order valence-corrected chi connectivity index (χ2v) is 4.21. The molecule has 2 aromatic rings. The van der Waals surface area contributed by atoms with Gasteiger partial charge in [0.1, 0.15) is 11.6 Å². The van der Waals surface area contributed by atoms with Crippen LogP contribution in [0.4, 0.5) is 17.6 Å². The zero-order valence-corrected chi connectivity index (χ0v) is 10.9. The van der Waals surface area contributed by atoms with Crippen molar-refractivity contribution >= 4 is 0 Å². The molecule has 0 aliphatic rings. The molecule has 0 saturated carbocycles. The molecule has 113 valence electrons. The van der Waals surface area contributed by atoms with E-state index in [0.717, 1.165) is 12.1 Å². The van der Waals surface area contributed by atoms with Crippen LogP contribution in [0, 0.1) is 19.2 Å². The van der Waals surface area contributed by atoms with E-state index in [4.69, 9.17) is 4.42 Å². The molecule has 1 aromatic heterocycles. The van der Waals surface area contributed by atoms with E-state index in [1.807, 2.05) is 0 Å². The smallest absolute Gasteiger partial charge is 0.422 e. The van der Waals surface area contributed by atoms with Gasteiger partial charge in [-0.25, -0.2) is 4.39 Å². The number of alkyl halides is 3. The first-order chi connectivity index (χ1) is 9.83. The highest BCUT2D eigenvalue weighted by molar-refractivity contribution is 5.34. The molecule has 1 heterocycles. The Hall–Kier alpha value is -2.12. The predicted octanol–water partition coefficient (Wildman–Crippen LogP) is 3.25. The summed E-state index contributed by atoms with van der Waals surface area (Å²) in [7, 11) is 0. The van der Waals surface area contributed by atoms with Crippen LogP contribution >= 0.6 is 0 Å². The topological polar surface area (TPSA) is 48.2 Å². The van der Waals surface area contributed by atoms with Gasteiger partial charge in [0.25, 0.3) is 0 Å². The van der Waals surface area contributed by atoms with Crippen molar-refractivity contribution in [2.24, 2.45) is 0 Å². The second kappa shape index (κ2) is 6.11. The van der Waals surface area contributed by atoms with Crippen LogP contribution in [0.5, 0.6) is 5.75 Å². The zero-order chi connectivity index (χ0) is 15.5. The minimum atomic E-state index is -4.44. The molecule has 21 heavy (non-hydrogen) atoms. The molecule has 0 unspecified atom stereocenters. The molecule has 4 nitrogen and oxygen atoms in total. The summed E-state index contributed by atoms with van der Waals surface area (Å²) in [5, 5.41) is 7.35. The summed E-state index contributed by atoms with van der Waals surface area (Å²) in [6.07, 6.45) is -2.84. The Morgan fingerprint density at radius 1 is 1.29 bits per heavy atom. The number of rotatable bonds is 5. The summed E-state index contributed by atoms with van der Waals surface area (Å²) in [4.78, 5) is 0. The summed E-state index contributed by atoms with van der Waals surface area (Å²) >= 11 is 0. The SMILES string of the molecule is Cc1nnc(C[CH]c2cc(OCC(F)(F)F)ccc2F)o1. The Bertz CT molecular complexity index is 610. The maximum atomic E-state index is 13.6. The van der Waals surface area contributed by atoms with Crippen LogP contribution in [0.25, 0.3) is 0 Å². The van der Waals surface area contributed by atoms with Crippen molar-refractivity contribution in [3.63, 3.8) is 0 Å².